The average Bonchev–Trinajstić information content (AvgIpc) is 2.37. The molecule has 0 bridgehead atoms. The Morgan fingerprint density at radius 2 is 1.75 bits per heavy atom. The molecule has 0 N–H and O–H groups in total. The Kier molecular flexibility index (Phi) is 5.02. The average molecular weight is 350 g/mol. The van der Waals surface area contributed by atoms with Gasteiger partial charge in [0.1, 0.15) is 0 Å². The second-order valence-electron chi connectivity index (χ2n) is 4.02. The number of pyridine rings is 1. The Hall–Kier alpha value is -1.30. The predicted octanol–water partition coefficient (Wildman–Crippen LogP) is 4.65. The number of hydrogen-bond acceptors (Lipinski definition) is 1. The fraction of sp³-hybridized carbons (Fsp3) is 0.357. The summed E-state index contributed by atoms with van der Waals surface area (Å²) in [6, 6.07) is 4.48. The predicted molar refractivity (Wildman–Crippen MR) is 78.0 cm³/mol. The largest absolute Gasteiger partial charge is 0.417 e. The van der Waals surface area contributed by atoms with E-state index in [0.717, 1.165) is 0 Å². The molecule has 2 nitrogen and oxygen atoms in total. The van der Waals surface area contributed by atoms with Gasteiger partial charge in [0, 0.05) is 22.5 Å². The summed E-state index contributed by atoms with van der Waals surface area (Å²) < 4.78 is 40.9. The monoisotopic (exact) mass is 349 g/mol. The van der Waals surface area contributed by atoms with Crippen molar-refractivity contribution < 1.29 is 13.2 Å². The van der Waals surface area contributed by atoms with Crippen LogP contribution in [0.4, 0.5) is 13.2 Å². The molecule has 2 rings (SSSR count). The number of hydrogen-bond donors (Lipinski definition) is 0. The van der Waals surface area contributed by atoms with Crippen LogP contribution in [-0.2, 0) is 13.2 Å². The summed E-state index contributed by atoms with van der Waals surface area (Å²) in [5.74, 6) is 0. The van der Waals surface area contributed by atoms with Crippen molar-refractivity contribution in [2.45, 2.75) is 26.9 Å². The number of benzene rings is 1. The summed E-state index contributed by atoms with van der Waals surface area (Å²) in [6.07, 6.45) is -4.55. The molecule has 110 valence electrons. The number of aryl methyl sites for hydroxylation is 1. The molecule has 1 aromatic carbocycles. The first-order chi connectivity index (χ1) is 9.23. The molecule has 0 saturated heterocycles. The van der Waals surface area contributed by atoms with Crippen LogP contribution in [0, 0.1) is 6.92 Å². The minimum atomic E-state index is -4.55. The molecule has 0 fully saturated rings. The number of fused-ring (bicyclic) bond motifs is 1. The van der Waals surface area contributed by atoms with Crippen LogP contribution in [0.15, 0.2) is 27.5 Å². The van der Waals surface area contributed by atoms with Crippen LogP contribution >= 0.6 is 15.9 Å². The van der Waals surface area contributed by atoms with Crippen molar-refractivity contribution in [3.05, 3.63) is 44.2 Å². The maximum Gasteiger partial charge on any atom is 0.417 e. The molecule has 0 amide bonds. The van der Waals surface area contributed by atoms with Crippen molar-refractivity contribution in [3.8, 4) is 0 Å². The van der Waals surface area contributed by atoms with Gasteiger partial charge in [-0.2, -0.15) is 13.2 Å². The zero-order chi connectivity index (χ0) is 15.7. The van der Waals surface area contributed by atoms with Gasteiger partial charge in [0.2, 0.25) is 0 Å². The highest BCUT2D eigenvalue weighted by Crippen LogP contribution is 2.36. The lowest BCUT2D eigenvalue weighted by Gasteiger charge is -2.16. The molecule has 0 aliphatic carbocycles. The van der Waals surface area contributed by atoms with Crippen molar-refractivity contribution in [3.63, 3.8) is 0 Å². The van der Waals surface area contributed by atoms with Crippen LogP contribution in [0.3, 0.4) is 0 Å². The Labute approximate surface area is 123 Å². The summed E-state index contributed by atoms with van der Waals surface area (Å²) in [6.45, 7) is 5.20. The first-order valence-electron chi connectivity index (χ1n) is 6.09. The van der Waals surface area contributed by atoms with Gasteiger partial charge in [-0.1, -0.05) is 29.8 Å². The van der Waals surface area contributed by atoms with E-state index in [0.29, 0.717) is 4.47 Å². The Morgan fingerprint density at radius 3 is 2.25 bits per heavy atom. The molecular formula is C14H15BrF3NO. The minimum Gasteiger partial charge on any atom is -0.311 e. The van der Waals surface area contributed by atoms with E-state index in [-0.39, 0.29) is 16.5 Å². The third kappa shape index (κ3) is 2.90. The van der Waals surface area contributed by atoms with E-state index in [1.807, 2.05) is 13.8 Å². The second kappa shape index (κ2) is 5.99. The fourth-order valence-electron chi connectivity index (χ4n) is 2.04. The van der Waals surface area contributed by atoms with Gasteiger partial charge in [-0.05, 0) is 25.1 Å². The highest BCUT2D eigenvalue weighted by molar-refractivity contribution is 9.10. The fourth-order valence-corrected chi connectivity index (χ4v) is 2.40. The summed E-state index contributed by atoms with van der Waals surface area (Å²) in [7, 11) is 1.46. The molecule has 0 atom stereocenters. The molecule has 0 aliphatic rings. The summed E-state index contributed by atoms with van der Waals surface area (Å²) >= 11 is 3.15. The van der Waals surface area contributed by atoms with Crippen molar-refractivity contribution >= 4 is 26.8 Å². The van der Waals surface area contributed by atoms with Gasteiger partial charge >= 0.3 is 6.18 Å². The highest BCUT2D eigenvalue weighted by atomic mass is 79.9. The SMILES string of the molecule is CC.Cc1c(C(F)(F)F)c2cc(Br)ccc2n(C)c1=O. The smallest absolute Gasteiger partial charge is 0.311 e. The maximum absolute atomic E-state index is 13.1. The van der Waals surface area contributed by atoms with Crippen molar-refractivity contribution in [2.75, 3.05) is 0 Å². The van der Waals surface area contributed by atoms with E-state index >= 15 is 0 Å². The third-order valence-electron chi connectivity index (χ3n) is 2.87. The lowest BCUT2D eigenvalue weighted by molar-refractivity contribution is -0.136. The molecule has 0 saturated carbocycles. The van der Waals surface area contributed by atoms with Gasteiger partial charge < -0.3 is 4.57 Å². The Morgan fingerprint density at radius 1 is 1.20 bits per heavy atom. The quantitative estimate of drug-likeness (QED) is 0.678. The summed E-state index contributed by atoms with van der Waals surface area (Å²) in [5.41, 5.74) is -1.50. The van der Waals surface area contributed by atoms with Crippen LogP contribution < -0.4 is 5.56 Å². The van der Waals surface area contributed by atoms with Gasteiger partial charge in [-0.15, -0.1) is 0 Å². The van der Waals surface area contributed by atoms with Crippen LogP contribution in [0.25, 0.3) is 10.9 Å². The Bertz CT molecular complexity index is 689. The maximum atomic E-state index is 13.1. The second-order valence-corrected chi connectivity index (χ2v) is 4.94. The molecule has 0 aliphatic heterocycles. The number of rotatable bonds is 0. The first-order valence-corrected chi connectivity index (χ1v) is 6.89. The number of aromatic nitrogens is 1. The van der Waals surface area contributed by atoms with Gasteiger partial charge in [-0.3, -0.25) is 4.79 Å². The van der Waals surface area contributed by atoms with E-state index in [1.54, 1.807) is 6.07 Å². The van der Waals surface area contributed by atoms with Gasteiger partial charge in [0.15, 0.2) is 0 Å². The molecule has 1 aromatic heterocycles. The van der Waals surface area contributed by atoms with Crippen molar-refractivity contribution in [1.29, 1.82) is 0 Å². The van der Waals surface area contributed by atoms with E-state index in [9.17, 15) is 18.0 Å². The molecule has 6 heteroatoms. The molecule has 0 unspecified atom stereocenters. The lowest BCUT2D eigenvalue weighted by atomic mass is 10.0. The zero-order valence-corrected chi connectivity index (χ0v) is 13.2. The molecular weight excluding hydrogens is 335 g/mol. The standard InChI is InChI=1S/C12H9BrF3NO.C2H6/c1-6-10(12(14,15)16)8-5-7(13)3-4-9(8)17(2)11(6)18;1-2/h3-5H,1-2H3;1-2H3. The number of halogens is 4. The van der Waals surface area contributed by atoms with Crippen LogP contribution in [0.5, 0.6) is 0 Å². The van der Waals surface area contributed by atoms with Crippen LogP contribution in [0.2, 0.25) is 0 Å². The third-order valence-corrected chi connectivity index (χ3v) is 3.37. The summed E-state index contributed by atoms with van der Waals surface area (Å²) in [5, 5.41) is 0.0245. The topological polar surface area (TPSA) is 22.0 Å². The van der Waals surface area contributed by atoms with Gasteiger partial charge in [-0.25, -0.2) is 0 Å². The molecule has 1 heterocycles. The van der Waals surface area contributed by atoms with Crippen LogP contribution in [0.1, 0.15) is 25.0 Å². The van der Waals surface area contributed by atoms with Crippen molar-refractivity contribution in [1.82, 2.24) is 4.57 Å². The van der Waals surface area contributed by atoms with E-state index in [1.165, 1.54) is 30.7 Å². The van der Waals surface area contributed by atoms with Crippen LogP contribution in [-0.4, -0.2) is 4.57 Å². The minimum absolute atomic E-state index is 0.0245. The molecule has 0 radical (unpaired) electrons. The Balaban J connectivity index is 0.000000956. The van der Waals surface area contributed by atoms with Gasteiger partial charge in [0.25, 0.3) is 5.56 Å². The normalized spacial score (nSPS) is 11.2. The molecule has 2 aromatic rings. The van der Waals surface area contributed by atoms with E-state index < -0.39 is 17.3 Å². The van der Waals surface area contributed by atoms with E-state index in [2.05, 4.69) is 15.9 Å². The zero-order valence-electron chi connectivity index (χ0n) is 11.6. The van der Waals surface area contributed by atoms with Crippen molar-refractivity contribution in [2.24, 2.45) is 7.05 Å². The van der Waals surface area contributed by atoms with Gasteiger partial charge in [0.05, 0.1) is 11.1 Å². The number of nitrogens with zero attached hydrogens (tertiary/aromatic N) is 1. The first kappa shape index (κ1) is 16.8. The highest BCUT2D eigenvalue weighted by Gasteiger charge is 2.36. The molecule has 20 heavy (non-hydrogen) atoms. The number of alkyl halides is 3. The summed E-state index contributed by atoms with van der Waals surface area (Å²) in [4.78, 5) is 11.8. The van der Waals surface area contributed by atoms with E-state index in [4.69, 9.17) is 0 Å². The molecule has 0 spiro atoms. The lowest BCUT2D eigenvalue weighted by Crippen LogP contribution is -2.25.